The van der Waals surface area contributed by atoms with Crippen LogP contribution in [0, 0.1) is 5.92 Å². The van der Waals surface area contributed by atoms with Crippen LogP contribution in [0.2, 0.25) is 0 Å². The number of likely N-dealkylation sites (tertiary alicyclic amines) is 1. The Morgan fingerprint density at radius 2 is 2.05 bits per heavy atom. The van der Waals surface area contributed by atoms with Gasteiger partial charge in [-0.1, -0.05) is 12.8 Å². The van der Waals surface area contributed by atoms with Crippen LogP contribution in [0.15, 0.2) is 0 Å². The van der Waals surface area contributed by atoms with E-state index >= 15 is 0 Å². The highest BCUT2D eigenvalue weighted by atomic mass is 16.5. The number of hydrogen-bond donors (Lipinski definition) is 1. The van der Waals surface area contributed by atoms with E-state index in [9.17, 15) is 14.7 Å². The van der Waals surface area contributed by atoms with E-state index in [4.69, 9.17) is 4.74 Å². The van der Waals surface area contributed by atoms with Crippen LogP contribution >= 0.6 is 0 Å². The van der Waals surface area contributed by atoms with E-state index < -0.39 is 12.0 Å². The van der Waals surface area contributed by atoms with Crippen LogP contribution in [0.5, 0.6) is 0 Å². The van der Waals surface area contributed by atoms with Crippen molar-refractivity contribution in [2.75, 3.05) is 7.11 Å². The van der Waals surface area contributed by atoms with E-state index in [1.165, 1.54) is 0 Å². The number of hydrogen-bond acceptors (Lipinski definition) is 3. The molecule has 0 radical (unpaired) electrons. The number of amides is 1. The standard InChI is InChI=1S/C14H23NO4/c1-9(19-2)7-13(16)15-11-6-4-3-5-10(11)8-12(15)14(17)18/h9-12H,3-8H2,1-2H3,(H,17,18)/t9-,10-,11+,12+/m1/s1. The van der Waals surface area contributed by atoms with Gasteiger partial charge in [0, 0.05) is 13.2 Å². The molecule has 1 saturated carbocycles. The summed E-state index contributed by atoms with van der Waals surface area (Å²) in [4.78, 5) is 25.4. The maximum absolute atomic E-state index is 12.4. The number of carbonyl (C=O) groups is 2. The van der Waals surface area contributed by atoms with Gasteiger partial charge in [-0.25, -0.2) is 4.79 Å². The van der Waals surface area contributed by atoms with Crippen LogP contribution in [0.1, 0.15) is 45.4 Å². The molecule has 19 heavy (non-hydrogen) atoms. The third-order valence-corrected chi connectivity index (χ3v) is 4.53. The molecule has 0 bridgehead atoms. The number of fused-ring (bicyclic) bond motifs is 1. The molecule has 0 spiro atoms. The zero-order chi connectivity index (χ0) is 14.0. The summed E-state index contributed by atoms with van der Waals surface area (Å²) < 4.78 is 5.12. The second-order valence-electron chi connectivity index (χ2n) is 5.75. The highest BCUT2D eigenvalue weighted by molar-refractivity contribution is 5.85. The van der Waals surface area contributed by atoms with Gasteiger partial charge < -0.3 is 14.7 Å². The van der Waals surface area contributed by atoms with E-state index in [2.05, 4.69) is 0 Å². The number of carboxylic acids is 1. The number of carbonyl (C=O) groups excluding carboxylic acids is 1. The van der Waals surface area contributed by atoms with Crippen LogP contribution in [0.4, 0.5) is 0 Å². The monoisotopic (exact) mass is 269 g/mol. The first-order valence-corrected chi connectivity index (χ1v) is 7.11. The van der Waals surface area contributed by atoms with Crippen LogP contribution < -0.4 is 0 Å². The molecule has 1 heterocycles. The Morgan fingerprint density at radius 1 is 1.37 bits per heavy atom. The summed E-state index contributed by atoms with van der Waals surface area (Å²) in [5.74, 6) is -0.569. The molecule has 4 atom stereocenters. The van der Waals surface area contributed by atoms with Crippen LogP contribution in [-0.2, 0) is 14.3 Å². The fraction of sp³-hybridized carbons (Fsp3) is 0.857. The summed E-state index contributed by atoms with van der Waals surface area (Å²) >= 11 is 0. The Balaban J connectivity index is 2.13. The van der Waals surface area contributed by atoms with Crippen LogP contribution in [0.25, 0.3) is 0 Å². The van der Waals surface area contributed by atoms with Crippen molar-refractivity contribution in [2.24, 2.45) is 5.92 Å². The summed E-state index contributed by atoms with van der Waals surface area (Å²) in [7, 11) is 1.57. The Kier molecular flexibility index (Phi) is 4.45. The predicted octanol–water partition coefficient (Wildman–Crippen LogP) is 1.66. The number of methoxy groups -OCH3 is 1. The van der Waals surface area contributed by atoms with Crippen molar-refractivity contribution in [3.05, 3.63) is 0 Å². The van der Waals surface area contributed by atoms with Gasteiger partial charge in [-0.15, -0.1) is 0 Å². The van der Waals surface area contributed by atoms with Gasteiger partial charge in [-0.05, 0) is 32.1 Å². The molecule has 1 N–H and O–H groups in total. The molecule has 5 nitrogen and oxygen atoms in total. The summed E-state index contributed by atoms with van der Waals surface area (Å²) in [5.41, 5.74) is 0. The quantitative estimate of drug-likeness (QED) is 0.842. The second-order valence-corrected chi connectivity index (χ2v) is 5.75. The first kappa shape index (κ1) is 14.3. The molecule has 0 aromatic heterocycles. The van der Waals surface area contributed by atoms with Gasteiger partial charge in [0.25, 0.3) is 0 Å². The minimum atomic E-state index is -0.868. The molecule has 0 aromatic rings. The summed E-state index contributed by atoms with van der Waals surface area (Å²) in [5, 5.41) is 9.35. The zero-order valence-corrected chi connectivity index (χ0v) is 11.7. The van der Waals surface area contributed by atoms with Gasteiger partial charge in [0.15, 0.2) is 0 Å². The number of nitrogens with zero attached hydrogens (tertiary/aromatic N) is 1. The highest BCUT2D eigenvalue weighted by Crippen LogP contribution is 2.40. The fourth-order valence-corrected chi connectivity index (χ4v) is 3.47. The smallest absolute Gasteiger partial charge is 0.326 e. The highest BCUT2D eigenvalue weighted by Gasteiger charge is 2.47. The van der Waals surface area contributed by atoms with Gasteiger partial charge in [0.2, 0.25) is 5.91 Å². The largest absolute Gasteiger partial charge is 0.480 e. The van der Waals surface area contributed by atoms with E-state index in [0.29, 0.717) is 12.3 Å². The predicted molar refractivity (Wildman–Crippen MR) is 69.7 cm³/mol. The van der Waals surface area contributed by atoms with E-state index in [1.807, 2.05) is 6.92 Å². The molecule has 2 fully saturated rings. The van der Waals surface area contributed by atoms with Gasteiger partial charge >= 0.3 is 5.97 Å². The van der Waals surface area contributed by atoms with Gasteiger partial charge in [0.1, 0.15) is 6.04 Å². The molecule has 0 unspecified atom stereocenters. The molecule has 2 aliphatic rings. The molecule has 1 aliphatic heterocycles. The summed E-state index contributed by atoms with van der Waals surface area (Å²) in [6, 6.07) is -0.504. The number of rotatable bonds is 4. The average molecular weight is 269 g/mol. The zero-order valence-electron chi connectivity index (χ0n) is 11.7. The van der Waals surface area contributed by atoms with Crippen molar-refractivity contribution in [2.45, 2.75) is 63.6 Å². The molecular formula is C14H23NO4. The molecule has 108 valence electrons. The van der Waals surface area contributed by atoms with Crippen molar-refractivity contribution in [1.29, 1.82) is 0 Å². The first-order chi connectivity index (χ1) is 9.04. The van der Waals surface area contributed by atoms with E-state index in [1.54, 1.807) is 12.0 Å². The van der Waals surface area contributed by atoms with Gasteiger partial charge in [0.05, 0.1) is 12.5 Å². The third-order valence-electron chi connectivity index (χ3n) is 4.53. The van der Waals surface area contributed by atoms with Crippen molar-refractivity contribution in [3.63, 3.8) is 0 Å². The van der Waals surface area contributed by atoms with Crippen molar-refractivity contribution in [1.82, 2.24) is 4.90 Å². The summed E-state index contributed by atoms with van der Waals surface area (Å²) in [6.45, 7) is 1.84. The molecule has 1 amide bonds. The lowest BCUT2D eigenvalue weighted by Crippen LogP contribution is -2.47. The number of aliphatic carboxylic acids is 1. The maximum Gasteiger partial charge on any atom is 0.326 e. The third kappa shape index (κ3) is 2.91. The second kappa shape index (κ2) is 5.90. The molecular weight excluding hydrogens is 246 g/mol. The minimum absolute atomic E-state index is 0.0730. The van der Waals surface area contributed by atoms with E-state index in [0.717, 1.165) is 25.7 Å². The fourth-order valence-electron chi connectivity index (χ4n) is 3.47. The Morgan fingerprint density at radius 3 is 2.68 bits per heavy atom. The van der Waals surface area contributed by atoms with Gasteiger partial charge in [-0.2, -0.15) is 0 Å². The number of carboxylic acid groups (broad SMARTS) is 1. The van der Waals surface area contributed by atoms with Gasteiger partial charge in [-0.3, -0.25) is 4.79 Å². The number of ether oxygens (including phenoxy) is 1. The molecule has 2 rings (SSSR count). The lowest BCUT2D eigenvalue weighted by Gasteiger charge is -2.33. The van der Waals surface area contributed by atoms with Crippen molar-refractivity contribution < 1.29 is 19.4 Å². The van der Waals surface area contributed by atoms with Crippen LogP contribution in [-0.4, -0.2) is 47.2 Å². The van der Waals surface area contributed by atoms with Crippen LogP contribution in [0.3, 0.4) is 0 Å². The molecule has 1 aliphatic carbocycles. The first-order valence-electron chi connectivity index (χ1n) is 7.11. The topological polar surface area (TPSA) is 66.8 Å². The Labute approximate surface area is 113 Å². The normalized spacial score (nSPS) is 31.9. The minimum Gasteiger partial charge on any atom is -0.480 e. The maximum atomic E-state index is 12.4. The van der Waals surface area contributed by atoms with Crippen molar-refractivity contribution >= 4 is 11.9 Å². The average Bonchev–Trinajstić information content (AvgIpc) is 2.78. The summed E-state index contributed by atoms with van der Waals surface area (Å²) in [6.07, 6.45) is 4.97. The molecule has 0 aromatic carbocycles. The lowest BCUT2D eigenvalue weighted by atomic mass is 9.84. The Hall–Kier alpha value is -1.10. The van der Waals surface area contributed by atoms with E-state index in [-0.39, 0.29) is 24.5 Å². The molecule has 5 heteroatoms. The van der Waals surface area contributed by atoms with Crippen molar-refractivity contribution in [3.8, 4) is 0 Å². The lowest BCUT2D eigenvalue weighted by molar-refractivity contribution is -0.150. The SMILES string of the molecule is CO[C@H](C)CC(=O)N1[C@H](C(=O)O)C[C@H]2CCCC[C@@H]21. The molecule has 1 saturated heterocycles. The Bertz CT molecular complexity index is 357.